The predicted molar refractivity (Wildman–Crippen MR) is 91.6 cm³/mol. The van der Waals surface area contributed by atoms with E-state index in [2.05, 4.69) is 19.1 Å². The first kappa shape index (κ1) is 14.5. The molecular weight excluding hydrogens is 292 g/mol. The summed E-state index contributed by atoms with van der Waals surface area (Å²) in [6.07, 6.45) is 0.794. The van der Waals surface area contributed by atoms with Gasteiger partial charge in [0.25, 0.3) is 0 Å². The largest absolute Gasteiger partial charge is 0.315 e. The van der Waals surface area contributed by atoms with Crippen molar-refractivity contribution < 1.29 is 0 Å². The Morgan fingerprint density at radius 2 is 1.42 bits per heavy atom. The van der Waals surface area contributed by atoms with Crippen LogP contribution in [0.3, 0.4) is 0 Å². The first-order chi connectivity index (χ1) is 8.88. The summed E-state index contributed by atoms with van der Waals surface area (Å²) in [4.78, 5) is 5.35. The van der Waals surface area contributed by atoms with Crippen molar-refractivity contribution in [1.82, 2.24) is 9.80 Å². The highest BCUT2D eigenvalue weighted by molar-refractivity contribution is 7.83. The van der Waals surface area contributed by atoms with E-state index in [1.807, 2.05) is 42.1 Å². The van der Waals surface area contributed by atoms with E-state index in [9.17, 15) is 0 Å². The molecule has 0 saturated carbocycles. The fraction of sp³-hybridized carbons (Fsp3) is 0.357. The Bertz CT molecular complexity index is 515. The van der Waals surface area contributed by atoms with Crippen molar-refractivity contribution in [2.24, 2.45) is 5.41 Å². The van der Waals surface area contributed by atoms with E-state index in [4.69, 9.17) is 36.7 Å². The zero-order valence-electron chi connectivity index (χ0n) is 11.2. The van der Waals surface area contributed by atoms with Crippen LogP contribution in [-0.2, 0) is 6.42 Å². The molecule has 0 amide bonds. The quantitative estimate of drug-likeness (QED) is 0.772. The summed E-state index contributed by atoms with van der Waals surface area (Å²) in [5, 5.41) is 0.667. The predicted octanol–water partition coefficient (Wildman–Crippen LogP) is 3.05. The molecule has 1 aromatic carbocycles. The number of hydrogen-bond donors (Lipinski definition) is 0. The lowest BCUT2D eigenvalue weighted by atomic mass is 9.81. The Hall–Kier alpha value is -0.910. The smallest absolute Gasteiger partial charge is 0.180 e. The van der Waals surface area contributed by atoms with E-state index in [1.165, 1.54) is 5.56 Å². The fourth-order valence-corrected chi connectivity index (χ4v) is 3.26. The molecule has 100 valence electrons. The molecule has 1 aliphatic rings. The van der Waals surface area contributed by atoms with Crippen molar-refractivity contribution >= 4 is 51.7 Å². The van der Waals surface area contributed by atoms with Crippen molar-refractivity contribution in [2.45, 2.75) is 13.3 Å². The Labute approximate surface area is 130 Å². The maximum Gasteiger partial charge on any atom is 0.180 e. The van der Waals surface area contributed by atoms with Gasteiger partial charge >= 0.3 is 0 Å². The van der Waals surface area contributed by atoms with Gasteiger partial charge in [0.2, 0.25) is 0 Å². The molecule has 0 bridgehead atoms. The highest BCUT2D eigenvalue weighted by Crippen LogP contribution is 2.33. The number of hydrogen-bond acceptors (Lipinski definition) is 3. The van der Waals surface area contributed by atoms with Crippen molar-refractivity contribution in [3.8, 4) is 0 Å². The van der Waals surface area contributed by atoms with Gasteiger partial charge in [-0.1, -0.05) is 54.8 Å². The van der Waals surface area contributed by atoms with Crippen LogP contribution in [0.1, 0.15) is 12.5 Å². The molecule has 1 aliphatic heterocycles. The maximum atomic E-state index is 5.59. The minimum Gasteiger partial charge on any atom is -0.315 e. The van der Waals surface area contributed by atoms with Gasteiger partial charge in [0.1, 0.15) is 0 Å². The molecule has 1 aromatic rings. The molecule has 2 nitrogen and oxygen atoms in total. The standard InChI is InChI=1S/C14H16N2S3/c1-14(9-10-7-5-4-6-8-10)11(17)15(2)13(19)16(3)12(14)18/h4-8H,9H2,1-3H3. The normalized spacial score (nSPS) is 19.0. The lowest BCUT2D eigenvalue weighted by Gasteiger charge is -2.46. The van der Waals surface area contributed by atoms with Gasteiger partial charge in [0.05, 0.1) is 15.4 Å². The van der Waals surface area contributed by atoms with Crippen LogP contribution in [0.5, 0.6) is 0 Å². The van der Waals surface area contributed by atoms with E-state index in [1.54, 1.807) is 0 Å². The fourth-order valence-electron chi connectivity index (χ4n) is 2.39. The van der Waals surface area contributed by atoms with Gasteiger partial charge in [0, 0.05) is 14.1 Å². The summed E-state index contributed by atoms with van der Waals surface area (Å²) in [7, 11) is 3.82. The van der Waals surface area contributed by atoms with Gasteiger partial charge in [-0.05, 0) is 31.1 Å². The highest BCUT2D eigenvalue weighted by atomic mass is 32.1. The number of rotatable bonds is 2. The van der Waals surface area contributed by atoms with Crippen LogP contribution in [0.25, 0.3) is 0 Å². The first-order valence-corrected chi connectivity index (χ1v) is 7.24. The Morgan fingerprint density at radius 3 is 1.89 bits per heavy atom. The number of thiocarbonyl (C=S) groups is 3. The van der Waals surface area contributed by atoms with Crippen molar-refractivity contribution in [1.29, 1.82) is 0 Å². The summed E-state index contributed by atoms with van der Waals surface area (Å²) >= 11 is 16.5. The van der Waals surface area contributed by atoms with Gasteiger partial charge in [-0.2, -0.15) is 0 Å². The zero-order valence-corrected chi connectivity index (χ0v) is 13.7. The molecule has 0 aromatic heterocycles. The average molecular weight is 308 g/mol. The summed E-state index contributed by atoms with van der Waals surface area (Å²) in [5.74, 6) is 0. The van der Waals surface area contributed by atoms with E-state index in [-0.39, 0.29) is 5.41 Å². The van der Waals surface area contributed by atoms with Crippen molar-refractivity contribution in [3.05, 3.63) is 35.9 Å². The molecule has 1 fully saturated rings. The topological polar surface area (TPSA) is 6.48 Å². The van der Waals surface area contributed by atoms with Crippen LogP contribution >= 0.6 is 36.7 Å². The molecule has 19 heavy (non-hydrogen) atoms. The first-order valence-electron chi connectivity index (χ1n) is 6.02. The maximum absolute atomic E-state index is 5.59. The van der Waals surface area contributed by atoms with Crippen LogP contribution in [0.4, 0.5) is 0 Å². The molecule has 1 heterocycles. The molecule has 5 heteroatoms. The molecule has 0 radical (unpaired) electrons. The third kappa shape index (κ3) is 2.42. The molecule has 0 spiro atoms. The molecule has 0 N–H and O–H groups in total. The van der Waals surface area contributed by atoms with Crippen molar-refractivity contribution in [2.75, 3.05) is 14.1 Å². The second kappa shape index (κ2) is 5.23. The lowest BCUT2D eigenvalue weighted by molar-refractivity contribution is 0.476. The second-order valence-corrected chi connectivity index (χ2v) is 6.14. The minimum absolute atomic E-state index is 0.349. The third-order valence-corrected chi connectivity index (χ3v) is 5.52. The van der Waals surface area contributed by atoms with Crippen LogP contribution < -0.4 is 0 Å². The second-order valence-electron chi connectivity index (χ2n) is 5.01. The van der Waals surface area contributed by atoms with Gasteiger partial charge in [-0.3, -0.25) is 0 Å². The average Bonchev–Trinajstić information content (AvgIpc) is 2.43. The Balaban J connectivity index is 2.37. The van der Waals surface area contributed by atoms with Gasteiger partial charge < -0.3 is 9.80 Å². The molecular formula is C14H16N2S3. The summed E-state index contributed by atoms with van der Waals surface area (Å²) in [5.41, 5.74) is 0.877. The van der Waals surface area contributed by atoms with Gasteiger partial charge in [0.15, 0.2) is 5.11 Å². The van der Waals surface area contributed by atoms with E-state index in [0.29, 0.717) is 5.11 Å². The van der Waals surface area contributed by atoms with E-state index < -0.39 is 0 Å². The molecule has 0 atom stereocenters. The van der Waals surface area contributed by atoms with Gasteiger partial charge in [-0.25, -0.2) is 0 Å². The molecule has 0 unspecified atom stereocenters. The van der Waals surface area contributed by atoms with E-state index in [0.717, 1.165) is 16.4 Å². The summed E-state index contributed by atoms with van der Waals surface area (Å²) in [6.45, 7) is 2.10. The van der Waals surface area contributed by atoms with Crippen LogP contribution in [0.15, 0.2) is 30.3 Å². The summed E-state index contributed by atoms with van der Waals surface area (Å²) in [6, 6.07) is 10.3. The molecule has 1 saturated heterocycles. The minimum atomic E-state index is -0.349. The van der Waals surface area contributed by atoms with Crippen molar-refractivity contribution in [3.63, 3.8) is 0 Å². The lowest BCUT2D eigenvalue weighted by Crippen LogP contribution is -2.61. The SMILES string of the molecule is CN1C(=S)N(C)C(=S)C(C)(Cc2ccccc2)C1=S. The van der Waals surface area contributed by atoms with Crippen LogP contribution in [0, 0.1) is 5.41 Å². The third-order valence-electron chi connectivity index (χ3n) is 3.53. The van der Waals surface area contributed by atoms with Crippen LogP contribution in [0.2, 0.25) is 0 Å². The number of benzene rings is 1. The van der Waals surface area contributed by atoms with Crippen LogP contribution in [-0.4, -0.2) is 39.0 Å². The number of nitrogens with zero attached hydrogens (tertiary/aromatic N) is 2. The van der Waals surface area contributed by atoms with Gasteiger partial charge in [-0.15, -0.1) is 0 Å². The highest BCUT2D eigenvalue weighted by Gasteiger charge is 2.44. The molecule has 0 aliphatic carbocycles. The Kier molecular flexibility index (Phi) is 3.99. The molecule has 2 rings (SSSR count). The zero-order chi connectivity index (χ0) is 14.2. The summed E-state index contributed by atoms with van der Waals surface area (Å²) < 4.78 is 0. The van der Waals surface area contributed by atoms with E-state index >= 15 is 0 Å². The monoisotopic (exact) mass is 308 g/mol. The Morgan fingerprint density at radius 1 is 0.947 bits per heavy atom.